The van der Waals surface area contributed by atoms with Crippen molar-refractivity contribution in [2.75, 3.05) is 18.4 Å². The van der Waals surface area contributed by atoms with E-state index < -0.39 is 0 Å². The zero-order chi connectivity index (χ0) is 16.1. The van der Waals surface area contributed by atoms with E-state index in [1.807, 2.05) is 6.07 Å². The molecule has 3 atom stereocenters. The third-order valence-electron chi connectivity index (χ3n) is 7.53. The average Bonchev–Trinajstić information content (AvgIpc) is 3.21. The maximum Gasteiger partial charge on any atom is 0.224 e. The van der Waals surface area contributed by atoms with Crippen LogP contribution in [0.2, 0.25) is 0 Å². The van der Waals surface area contributed by atoms with Crippen LogP contribution in [0.5, 0.6) is 0 Å². The summed E-state index contributed by atoms with van der Waals surface area (Å²) >= 11 is 0. The van der Waals surface area contributed by atoms with E-state index in [2.05, 4.69) is 28.4 Å². The van der Waals surface area contributed by atoms with Crippen LogP contribution in [0.4, 0.5) is 5.69 Å². The second-order valence-corrected chi connectivity index (χ2v) is 8.65. The van der Waals surface area contributed by atoms with Crippen LogP contribution in [0.1, 0.15) is 56.9 Å². The van der Waals surface area contributed by atoms with E-state index in [0.717, 1.165) is 30.0 Å². The van der Waals surface area contributed by atoms with Gasteiger partial charge in [0.1, 0.15) is 0 Å². The molecule has 5 rings (SSSR count). The highest BCUT2D eigenvalue weighted by Gasteiger charge is 2.46. The first-order valence-corrected chi connectivity index (χ1v) is 9.87. The molecule has 1 saturated heterocycles. The fourth-order valence-electron chi connectivity index (χ4n) is 6.22. The molecule has 2 saturated carbocycles. The van der Waals surface area contributed by atoms with E-state index in [1.165, 1.54) is 57.2 Å². The quantitative estimate of drug-likeness (QED) is 0.848. The van der Waals surface area contributed by atoms with Crippen molar-refractivity contribution in [3.63, 3.8) is 0 Å². The molecule has 3 heteroatoms. The minimum absolute atomic E-state index is 0.190. The Labute approximate surface area is 144 Å². The van der Waals surface area contributed by atoms with Crippen molar-refractivity contribution in [2.45, 2.75) is 62.8 Å². The molecule has 1 aromatic rings. The Balaban J connectivity index is 1.37. The maximum atomic E-state index is 12.1. The van der Waals surface area contributed by atoms with Gasteiger partial charge in [0, 0.05) is 23.6 Å². The van der Waals surface area contributed by atoms with E-state index in [9.17, 15) is 4.79 Å². The van der Waals surface area contributed by atoms with Gasteiger partial charge in [0.05, 0.1) is 0 Å². The maximum absolute atomic E-state index is 12.1. The van der Waals surface area contributed by atoms with Crippen molar-refractivity contribution in [1.82, 2.24) is 4.90 Å². The highest BCUT2D eigenvalue weighted by atomic mass is 16.1. The number of nitrogens with one attached hydrogen (secondary N) is 1. The van der Waals surface area contributed by atoms with Crippen LogP contribution in [0.25, 0.3) is 0 Å². The first-order chi connectivity index (χ1) is 11.7. The molecule has 24 heavy (non-hydrogen) atoms. The zero-order valence-electron chi connectivity index (χ0n) is 14.5. The fraction of sp³-hybridized carbons (Fsp3) is 0.667. The standard InChI is InChI=1S/C21H28N2O/c24-20-7-8-21(17-3-1-2-4-18(17)22-20)9-11-23(12-10-21)19-14-15-5-6-16(19)13-15/h1-4,15-16,19H,5-14H2,(H,22,24)/t15-,16-,19?/m1/s1. The number of benzene rings is 1. The molecule has 128 valence electrons. The van der Waals surface area contributed by atoms with Gasteiger partial charge in [-0.2, -0.15) is 0 Å². The number of hydrogen-bond acceptors (Lipinski definition) is 2. The number of carbonyl (C=O) groups is 1. The van der Waals surface area contributed by atoms with Crippen molar-refractivity contribution in [2.24, 2.45) is 11.8 Å². The number of nitrogens with zero attached hydrogens (tertiary/aromatic N) is 1. The fourth-order valence-corrected chi connectivity index (χ4v) is 6.22. The minimum Gasteiger partial charge on any atom is -0.326 e. The first kappa shape index (κ1) is 14.9. The Bertz CT molecular complexity index is 647. The summed E-state index contributed by atoms with van der Waals surface area (Å²) in [5.41, 5.74) is 2.67. The molecule has 3 fully saturated rings. The van der Waals surface area contributed by atoms with Gasteiger partial charge < -0.3 is 10.2 Å². The predicted molar refractivity (Wildman–Crippen MR) is 96.0 cm³/mol. The highest BCUT2D eigenvalue weighted by Crippen LogP contribution is 2.50. The number of para-hydroxylation sites is 1. The van der Waals surface area contributed by atoms with Crippen molar-refractivity contribution < 1.29 is 4.79 Å². The van der Waals surface area contributed by atoms with E-state index in [0.29, 0.717) is 6.42 Å². The Morgan fingerprint density at radius 3 is 2.62 bits per heavy atom. The lowest BCUT2D eigenvalue weighted by molar-refractivity contribution is -0.116. The summed E-state index contributed by atoms with van der Waals surface area (Å²) in [6.07, 6.45) is 10.0. The summed E-state index contributed by atoms with van der Waals surface area (Å²) in [4.78, 5) is 14.9. The number of anilines is 1. The second-order valence-electron chi connectivity index (χ2n) is 8.65. The van der Waals surface area contributed by atoms with Crippen LogP contribution < -0.4 is 5.32 Å². The molecule has 1 aromatic carbocycles. The van der Waals surface area contributed by atoms with Gasteiger partial charge in [-0.25, -0.2) is 0 Å². The summed E-state index contributed by atoms with van der Waals surface area (Å²) in [5, 5.41) is 3.13. The van der Waals surface area contributed by atoms with Crippen molar-refractivity contribution >= 4 is 11.6 Å². The Morgan fingerprint density at radius 1 is 1.04 bits per heavy atom. The number of fused-ring (bicyclic) bond motifs is 4. The van der Waals surface area contributed by atoms with Crippen molar-refractivity contribution in [1.29, 1.82) is 0 Å². The first-order valence-electron chi connectivity index (χ1n) is 9.87. The van der Waals surface area contributed by atoms with Crippen LogP contribution in [-0.4, -0.2) is 29.9 Å². The number of amides is 1. The van der Waals surface area contributed by atoms with Crippen LogP contribution in [0, 0.1) is 11.8 Å². The van der Waals surface area contributed by atoms with Crippen LogP contribution >= 0.6 is 0 Å². The summed E-state index contributed by atoms with van der Waals surface area (Å²) in [6, 6.07) is 9.39. The lowest BCUT2D eigenvalue weighted by Gasteiger charge is -2.46. The number of carbonyl (C=O) groups excluding carboxylic acids is 1. The highest BCUT2D eigenvalue weighted by molar-refractivity contribution is 5.92. The van der Waals surface area contributed by atoms with Crippen LogP contribution in [0.3, 0.4) is 0 Å². The summed E-state index contributed by atoms with van der Waals surface area (Å²) in [6.45, 7) is 2.44. The lowest BCUT2D eigenvalue weighted by Crippen LogP contribution is -2.48. The molecular weight excluding hydrogens is 296 g/mol. The summed E-state index contributed by atoms with van der Waals surface area (Å²) < 4.78 is 0. The van der Waals surface area contributed by atoms with Gasteiger partial charge >= 0.3 is 0 Å². The molecule has 2 bridgehead atoms. The lowest BCUT2D eigenvalue weighted by atomic mass is 9.69. The van der Waals surface area contributed by atoms with Crippen LogP contribution in [-0.2, 0) is 10.2 Å². The molecule has 0 aromatic heterocycles. The molecule has 2 heterocycles. The molecule has 1 unspecified atom stereocenters. The minimum atomic E-state index is 0.190. The van der Waals surface area contributed by atoms with E-state index in [1.54, 1.807) is 0 Å². The van der Waals surface area contributed by atoms with Crippen LogP contribution in [0.15, 0.2) is 24.3 Å². The van der Waals surface area contributed by atoms with E-state index in [4.69, 9.17) is 0 Å². The van der Waals surface area contributed by atoms with Gasteiger partial charge in [0.2, 0.25) is 5.91 Å². The molecule has 0 radical (unpaired) electrons. The van der Waals surface area contributed by atoms with Gasteiger partial charge in [-0.05, 0) is 75.1 Å². The van der Waals surface area contributed by atoms with Crippen molar-refractivity contribution in [3.05, 3.63) is 29.8 Å². The monoisotopic (exact) mass is 324 g/mol. The van der Waals surface area contributed by atoms with Gasteiger partial charge in [-0.1, -0.05) is 24.6 Å². The average molecular weight is 324 g/mol. The smallest absolute Gasteiger partial charge is 0.224 e. The number of likely N-dealkylation sites (tertiary alicyclic amines) is 1. The van der Waals surface area contributed by atoms with Crippen molar-refractivity contribution in [3.8, 4) is 0 Å². The predicted octanol–water partition coefficient (Wildman–Crippen LogP) is 3.94. The molecule has 4 aliphatic rings. The Morgan fingerprint density at radius 2 is 1.88 bits per heavy atom. The number of piperidine rings is 1. The molecule has 1 amide bonds. The molecule has 3 nitrogen and oxygen atoms in total. The molecule has 2 aliphatic heterocycles. The third-order valence-corrected chi connectivity index (χ3v) is 7.53. The van der Waals surface area contributed by atoms with E-state index >= 15 is 0 Å². The number of hydrogen-bond donors (Lipinski definition) is 1. The number of rotatable bonds is 1. The van der Waals surface area contributed by atoms with E-state index in [-0.39, 0.29) is 11.3 Å². The molecule has 2 aliphatic carbocycles. The topological polar surface area (TPSA) is 32.3 Å². The molecular formula is C21H28N2O. The zero-order valence-corrected chi connectivity index (χ0v) is 14.5. The van der Waals surface area contributed by atoms with Gasteiger partial charge in [-0.3, -0.25) is 4.79 Å². The molecule has 1 spiro atoms. The largest absolute Gasteiger partial charge is 0.326 e. The normalized spacial score (nSPS) is 34.8. The SMILES string of the molecule is O=C1CCC2(CCN(C3C[C@@H]4CC[C@@H]3C4)CC2)c2ccccc2N1. The molecule has 1 N–H and O–H groups in total. The summed E-state index contributed by atoms with van der Waals surface area (Å²) in [7, 11) is 0. The summed E-state index contributed by atoms with van der Waals surface area (Å²) in [5.74, 6) is 2.19. The van der Waals surface area contributed by atoms with Gasteiger partial charge in [0.15, 0.2) is 0 Å². The Hall–Kier alpha value is -1.35. The third kappa shape index (κ3) is 2.32. The second kappa shape index (κ2) is 5.59. The van der Waals surface area contributed by atoms with Gasteiger partial charge in [0.25, 0.3) is 0 Å². The van der Waals surface area contributed by atoms with Gasteiger partial charge in [-0.15, -0.1) is 0 Å². The Kier molecular flexibility index (Phi) is 3.48.